The Bertz CT molecular complexity index is 227. The molecule has 5 nitrogen and oxygen atoms in total. The molecule has 6 heteroatoms. The molecule has 4 N–H and O–H groups in total. The smallest absolute Gasteiger partial charge is 0.342 e. The first-order valence-corrected chi connectivity index (χ1v) is 4.57. The van der Waals surface area contributed by atoms with Crippen molar-refractivity contribution in [3.8, 4) is 0 Å². The maximum Gasteiger partial charge on any atom is 0.342 e. The highest BCUT2D eigenvalue weighted by molar-refractivity contribution is 8.03. The largest absolute Gasteiger partial charge is 0.478 e. The first-order chi connectivity index (χ1) is 6.07. The molecule has 0 atom stereocenters. The number of carboxylic acids is 2. The van der Waals surface area contributed by atoms with Gasteiger partial charge < -0.3 is 15.9 Å². The van der Waals surface area contributed by atoms with Crippen molar-refractivity contribution < 1.29 is 19.8 Å². The van der Waals surface area contributed by atoms with Gasteiger partial charge in [-0.2, -0.15) is 0 Å². The number of nitrogens with two attached hydrogens (primary N) is 1. The molecule has 0 aliphatic carbocycles. The summed E-state index contributed by atoms with van der Waals surface area (Å²) in [6, 6.07) is 0. The van der Waals surface area contributed by atoms with E-state index in [2.05, 4.69) is 0 Å². The molecule has 0 saturated carbocycles. The first-order valence-electron chi connectivity index (χ1n) is 3.58. The summed E-state index contributed by atoms with van der Waals surface area (Å²) < 4.78 is 0. The summed E-state index contributed by atoms with van der Waals surface area (Å²) in [6.07, 6.45) is 1.35. The number of carbonyl (C=O) groups is 2. The lowest BCUT2D eigenvalue weighted by Crippen LogP contribution is -2.04. The standard InChI is InChI=1S/C7H11NO4S/c8-2-1-3-13-5(7(11)12)4-6(9)10/h4H,1-3,8H2,(H,9,10)(H,11,12)/b5-4-. The van der Waals surface area contributed by atoms with Crippen LogP contribution in [0.3, 0.4) is 0 Å². The van der Waals surface area contributed by atoms with Gasteiger partial charge in [0.25, 0.3) is 0 Å². The number of hydrogen-bond acceptors (Lipinski definition) is 4. The SMILES string of the molecule is NCCCS/C(=C\C(=O)O)C(=O)O. The lowest BCUT2D eigenvalue weighted by atomic mass is 10.5. The Morgan fingerprint density at radius 2 is 2.00 bits per heavy atom. The molecule has 0 aliphatic heterocycles. The zero-order valence-corrected chi connectivity index (χ0v) is 7.71. The van der Waals surface area contributed by atoms with Crippen molar-refractivity contribution in [1.82, 2.24) is 0 Å². The van der Waals surface area contributed by atoms with Gasteiger partial charge in [0.1, 0.15) is 0 Å². The van der Waals surface area contributed by atoms with Gasteiger partial charge in [0.2, 0.25) is 0 Å². The zero-order valence-electron chi connectivity index (χ0n) is 6.90. The number of aliphatic carboxylic acids is 2. The molecule has 0 bridgehead atoms. The number of thioether (sulfide) groups is 1. The average molecular weight is 205 g/mol. The molecule has 0 radical (unpaired) electrons. The van der Waals surface area contributed by atoms with Crippen molar-refractivity contribution in [2.75, 3.05) is 12.3 Å². The number of rotatable bonds is 6. The second-order valence-electron chi connectivity index (χ2n) is 2.14. The number of carboxylic acid groups (broad SMARTS) is 2. The molecule has 0 fully saturated rings. The van der Waals surface area contributed by atoms with Crippen LogP contribution in [0.5, 0.6) is 0 Å². The highest BCUT2D eigenvalue weighted by Crippen LogP contribution is 2.16. The van der Waals surface area contributed by atoms with E-state index < -0.39 is 11.9 Å². The minimum absolute atomic E-state index is 0.166. The van der Waals surface area contributed by atoms with Crippen molar-refractivity contribution in [3.63, 3.8) is 0 Å². The van der Waals surface area contributed by atoms with E-state index in [1.54, 1.807) is 0 Å². The molecular formula is C7H11NO4S. The maximum absolute atomic E-state index is 10.4. The van der Waals surface area contributed by atoms with Crippen LogP contribution >= 0.6 is 11.8 Å². The Kier molecular flexibility index (Phi) is 5.99. The molecular weight excluding hydrogens is 194 g/mol. The summed E-state index contributed by atoms with van der Waals surface area (Å²) in [6.45, 7) is 0.465. The van der Waals surface area contributed by atoms with Crippen LogP contribution in [0.2, 0.25) is 0 Å². The third-order valence-electron chi connectivity index (χ3n) is 1.07. The minimum Gasteiger partial charge on any atom is -0.478 e. The quantitative estimate of drug-likeness (QED) is 0.420. The van der Waals surface area contributed by atoms with Crippen LogP contribution in [-0.2, 0) is 9.59 Å². The van der Waals surface area contributed by atoms with Crippen LogP contribution in [0, 0.1) is 0 Å². The van der Waals surface area contributed by atoms with Crippen LogP contribution < -0.4 is 5.73 Å². The molecule has 0 aliphatic rings. The van der Waals surface area contributed by atoms with Crippen LogP contribution in [-0.4, -0.2) is 34.4 Å². The van der Waals surface area contributed by atoms with E-state index >= 15 is 0 Å². The van der Waals surface area contributed by atoms with Gasteiger partial charge in [-0.05, 0) is 18.7 Å². The number of hydrogen-bond donors (Lipinski definition) is 3. The van der Waals surface area contributed by atoms with E-state index in [0.717, 1.165) is 11.8 Å². The fourth-order valence-corrected chi connectivity index (χ4v) is 1.38. The summed E-state index contributed by atoms with van der Waals surface area (Å²) >= 11 is 0.983. The first kappa shape index (κ1) is 12.0. The fraction of sp³-hybridized carbons (Fsp3) is 0.429. The second kappa shape index (κ2) is 6.50. The van der Waals surface area contributed by atoms with Crippen molar-refractivity contribution >= 4 is 23.7 Å². The van der Waals surface area contributed by atoms with Crippen LogP contribution in [0.4, 0.5) is 0 Å². The molecule has 13 heavy (non-hydrogen) atoms. The van der Waals surface area contributed by atoms with E-state index in [1.807, 2.05) is 0 Å². The average Bonchev–Trinajstić information content (AvgIpc) is 2.02. The topological polar surface area (TPSA) is 101 Å². The molecule has 0 aromatic carbocycles. The molecule has 0 saturated heterocycles. The normalized spacial score (nSPS) is 11.3. The van der Waals surface area contributed by atoms with Gasteiger partial charge in [0.15, 0.2) is 0 Å². The predicted octanol–water partition coefficient (Wildman–Crippen LogP) is 0.121. The molecule has 0 unspecified atom stereocenters. The van der Waals surface area contributed by atoms with Crippen molar-refractivity contribution in [3.05, 3.63) is 11.0 Å². The Balaban J connectivity index is 4.11. The van der Waals surface area contributed by atoms with Gasteiger partial charge in [-0.15, -0.1) is 11.8 Å². The van der Waals surface area contributed by atoms with E-state index in [1.165, 1.54) is 0 Å². The summed E-state index contributed by atoms with van der Waals surface area (Å²) in [5.41, 5.74) is 5.20. The van der Waals surface area contributed by atoms with E-state index in [0.29, 0.717) is 24.8 Å². The lowest BCUT2D eigenvalue weighted by Gasteiger charge is -1.99. The molecule has 0 aromatic rings. The van der Waals surface area contributed by atoms with Crippen LogP contribution in [0.25, 0.3) is 0 Å². The highest BCUT2D eigenvalue weighted by Gasteiger charge is 2.09. The molecule has 74 valence electrons. The van der Waals surface area contributed by atoms with E-state index in [9.17, 15) is 9.59 Å². The van der Waals surface area contributed by atoms with Gasteiger partial charge in [-0.25, -0.2) is 9.59 Å². The summed E-state index contributed by atoms with van der Waals surface area (Å²) in [7, 11) is 0. The fourth-order valence-electron chi connectivity index (χ4n) is 0.543. The zero-order chi connectivity index (χ0) is 10.3. The molecule has 0 aromatic heterocycles. The van der Waals surface area contributed by atoms with Crippen molar-refractivity contribution in [2.45, 2.75) is 6.42 Å². The maximum atomic E-state index is 10.4. The van der Waals surface area contributed by atoms with Crippen molar-refractivity contribution in [1.29, 1.82) is 0 Å². The van der Waals surface area contributed by atoms with Crippen molar-refractivity contribution in [2.24, 2.45) is 5.73 Å². The summed E-state index contributed by atoms with van der Waals surface area (Å²) in [4.78, 5) is 20.4. The Morgan fingerprint density at radius 3 is 2.38 bits per heavy atom. The highest BCUT2D eigenvalue weighted by atomic mass is 32.2. The summed E-state index contributed by atoms with van der Waals surface area (Å²) in [5, 5.41) is 16.8. The van der Waals surface area contributed by atoms with E-state index in [-0.39, 0.29) is 4.91 Å². The van der Waals surface area contributed by atoms with Crippen LogP contribution in [0.15, 0.2) is 11.0 Å². The van der Waals surface area contributed by atoms with Crippen LogP contribution in [0.1, 0.15) is 6.42 Å². The third kappa shape index (κ3) is 6.18. The van der Waals surface area contributed by atoms with Gasteiger partial charge in [0.05, 0.1) is 4.91 Å². The Hall–Kier alpha value is -1.01. The molecule has 0 spiro atoms. The molecule has 0 heterocycles. The molecule has 0 amide bonds. The van der Waals surface area contributed by atoms with Gasteiger partial charge >= 0.3 is 11.9 Å². The second-order valence-corrected chi connectivity index (χ2v) is 3.28. The van der Waals surface area contributed by atoms with E-state index in [4.69, 9.17) is 15.9 Å². The minimum atomic E-state index is -1.25. The van der Waals surface area contributed by atoms with Gasteiger partial charge in [-0.1, -0.05) is 0 Å². The monoisotopic (exact) mass is 205 g/mol. The predicted molar refractivity (Wildman–Crippen MR) is 49.5 cm³/mol. The Morgan fingerprint density at radius 1 is 1.38 bits per heavy atom. The van der Waals surface area contributed by atoms with Gasteiger partial charge in [-0.3, -0.25) is 0 Å². The van der Waals surface area contributed by atoms with Gasteiger partial charge in [0, 0.05) is 6.08 Å². The Labute approximate surface area is 79.6 Å². The third-order valence-corrected chi connectivity index (χ3v) is 2.17. The summed E-state index contributed by atoms with van der Waals surface area (Å²) in [5.74, 6) is -1.95. The molecule has 0 rings (SSSR count). The lowest BCUT2D eigenvalue weighted by molar-refractivity contribution is -0.134.